The summed E-state index contributed by atoms with van der Waals surface area (Å²) in [7, 11) is 0. The van der Waals surface area contributed by atoms with Gasteiger partial charge >= 0.3 is 0 Å². The van der Waals surface area contributed by atoms with Crippen molar-refractivity contribution < 1.29 is 8.78 Å². The van der Waals surface area contributed by atoms with Crippen LogP contribution in [0.2, 0.25) is 0 Å². The molecule has 2 heterocycles. The quantitative estimate of drug-likeness (QED) is 0.643. The van der Waals surface area contributed by atoms with Crippen molar-refractivity contribution in [3.63, 3.8) is 0 Å². The van der Waals surface area contributed by atoms with Crippen molar-refractivity contribution in [3.8, 4) is 0 Å². The van der Waals surface area contributed by atoms with Crippen LogP contribution in [-0.4, -0.2) is 61.1 Å². The number of rotatable bonds is 5. The molecule has 0 bridgehead atoms. The average molecular weight is 364 g/mol. The maximum atomic E-state index is 13.5. The van der Waals surface area contributed by atoms with Crippen molar-refractivity contribution in [1.82, 2.24) is 15.1 Å². The highest BCUT2D eigenvalue weighted by Gasteiger charge is 2.30. The third kappa shape index (κ3) is 4.53. The van der Waals surface area contributed by atoms with Gasteiger partial charge in [0.1, 0.15) is 0 Å². The van der Waals surface area contributed by atoms with E-state index < -0.39 is 11.6 Å². The number of likely N-dealkylation sites (tertiary alicyclic amines) is 2. The van der Waals surface area contributed by atoms with Gasteiger partial charge < -0.3 is 10.2 Å². The number of guanidine groups is 1. The Balaban J connectivity index is 1.62. The standard InChI is InChI=1S/C20H30F2N4/c1-3-23-20(26-11-8-17(14-26)25-9-4-5-10-25)24-13-15(2)16-6-7-18(21)19(22)12-16/h6-7,12,15,17H,3-5,8-11,13-14H2,1-2H3,(H,23,24). The van der Waals surface area contributed by atoms with E-state index in [0.29, 0.717) is 12.6 Å². The van der Waals surface area contributed by atoms with E-state index in [0.717, 1.165) is 31.2 Å². The maximum absolute atomic E-state index is 13.5. The summed E-state index contributed by atoms with van der Waals surface area (Å²) in [6, 6.07) is 4.74. The molecule has 2 unspecified atom stereocenters. The molecule has 1 aromatic carbocycles. The minimum absolute atomic E-state index is 0.0377. The zero-order chi connectivity index (χ0) is 18.5. The van der Waals surface area contributed by atoms with Gasteiger partial charge in [0.25, 0.3) is 0 Å². The molecule has 6 heteroatoms. The van der Waals surface area contributed by atoms with E-state index in [2.05, 4.69) is 22.0 Å². The second kappa shape index (κ2) is 8.80. The third-order valence-corrected chi connectivity index (χ3v) is 5.48. The molecular formula is C20H30F2N4. The van der Waals surface area contributed by atoms with Gasteiger partial charge in [0.2, 0.25) is 0 Å². The van der Waals surface area contributed by atoms with E-state index in [9.17, 15) is 8.78 Å². The molecule has 144 valence electrons. The van der Waals surface area contributed by atoms with E-state index in [4.69, 9.17) is 4.99 Å². The number of hydrogen-bond donors (Lipinski definition) is 1. The fraction of sp³-hybridized carbons (Fsp3) is 0.650. The molecule has 0 amide bonds. The fourth-order valence-corrected chi connectivity index (χ4v) is 3.91. The topological polar surface area (TPSA) is 30.9 Å². The fourth-order valence-electron chi connectivity index (χ4n) is 3.91. The lowest BCUT2D eigenvalue weighted by molar-refractivity contribution is 0.249. The minimum atomic E-state index is -0.803. The Morgan fingerprint density at radius 3 is 2.69 bits per heavy atom. The largest absolute Gasteiger partial charge is 0.357 e. The molecular weight excluding hydrogens is 334 g/mol. The van der Waals surface area contributed by atoms with Gasteiger partial charge in [0.05, 0.1) is 0 Å². The van der Waals surface area contributed by atoms with Crippen molar-refractivity contribution in [2.75, 3.05) is 39.3 Å². The predicted octanol–water partition coefficient (Wildman–Crippen LogP) is 3.20. The van der Waals surface area contributed by atoms with Crippen LogP contribution in [0.15, 0.2) is 23.2 Å². The van der Waals surface area contributed by atoms with Crippen LogP contribution in [-0.2, 0) is 0 Å². The van der Waals surface area contributed by atoms with Gasteiger partial charge in [0.15, 0.2) is 17.6 Å². The van der Waals surface area contributed by atoms with Crippen LogP contribution in [0.4, 0.5) is 8.78 Å². The molecule has 1 N–H and O–H groups in total. The van der Waals surface area contributed by atoms with Crippen LogP contribution < -0.4 is 5.32 Å². The van der Waals surface area contributed by atoms with Crippen LogP contribution >= 0.6 is 0 Å². The number of aliphatic imine (C=N–C) groups is 1. The number of nitrogens with one attached hydrogen (secondary N) is 1. The highest BCUT2D eigenvalue weighted by molar-refractivity contribution is 5.80. The maximum Gasteiger partial charge on any atom is 0.193 e. The van der Waals surface area contributed by atoms with Gasteiger partial charge in [-0.2, -0.15) is 0 Å². The lowest BCUT2D eigenvalue weighted by Crippen LogP contribution is -2.42. The highest BCUT2D eigenvalue weighted by atomic mass is 19.2. The molecule has 26 heavy (non-hydrogen) atoms. The highest BCUT2D eigenvalue weighted by Crippen LogP contribution is 2.21. The van der Waals surface area contributed by atoms with Gasteiger partial charge in [-0.05, 0) is 57.0 Å². The van der Waals surface area contributed by atoms with Crippen LogP contribution in [0.25, 0.3) is 0 Å². The van der Waals surface area contributed by atoms with Gasteiger partial charge in [0, 0.05) is 38.1 Å². The van der Waals surface area contributed by atoms with Gasteiger partial charge in [-0.1, -0.05) is 13.0 Å². The van der Waals surface area contributed by atoms with Crippen molar-refractivity contribution in [2.45, 2.75) is 45.1 Å². The molecule has 2 atom stereocenters. The number of halogens is 2. The summed E-state index contributed by atoms with van der Waals surface area (Å²) in [5.41, 5.74) is 0.778. The molecule has 2 saturated heterocycles. The van der Waals surface area contributed by atoms with Gasteiger partial charge in [-0.3, -0.25) is 9.89 Å². The number of benzene rings is 1. The predicted molar refractivity (Wildman–Crippen MR) is 102 cm³/mol. The molecule has 0 saturated carbocycles. The first-order valence-electron chi connectivity index (χ1n) is 9.80. The first kappa shape index (κ1) is 19.1. The van der Waals surface area contributed by atoms with Crippen molar-refractivity contribution >= 4 is 5.96 Å². The summed E-state index contributed by atoms with van der Waals surface area (Å²) in [6.07, 6.45) is 3.82. The Hall–Kier alpha value is -1.69. The van der Waals surface area contributed by atoms with Crippen molar-refractivity contribution in [1.29, 1.82) is 0 Å². The molecule has 3 rings (SSSR count). The Labute approximate surface area is 155 Å². The lowest BCUT2D eigenvalue weighted by Gasteiger charge is -2.25. The van der Waals surface area contributed by atoms with Crippen molar-refractivity contribution in [2.24, 2.45) is 4.99 Å². The second-order valence-corrected chi connectivity index (χ2v) is 7.40. The Kier molecular flexibility index (Phi) is 6.46. The number of hydrogen-bond acceptors (Lipinski definition) is 2. The summed E-state index contributed by atoms with van der Waals surface area (Å²) >= 11 is 0. The summed E-state index contributed by atoms with van der Waals surface area (Å²) in [5.74, 6) is -0.625. The average Bonchev–Trinajstić information content (AvgIpc) is 3.31. The molecule has 0 aromatic heterocycles. The molecule has 0 aliphatic carbocycles. The van der Waals surface area contributed by atoms with E-state index in [1.165, 1.54) is 44.5 Å². The van der Waals surface area contributed by atoms with E-state index in [1.807, 2.05) is 6.92 Å². The summed E-state index contributed by atoms with van der Waals surface area (Å²) in [5, 5.41) is 3.39. The minimum Gasteiger partial charge on any atom is -0.357 e. The molecule has 0 radical (unpaired) electrons. The molecule has 2 aliphatic heterocycles. The Morgan fingerprint density at radius 2 is 2.00 bits per heavy atom. The first-order valence-corrected chi connectivity index (χ1v) is 9.80. The van der Waals surface area contributed by atoms with Gasteiger partial charge in [-0.15, -0.1) is 0 Å². The molecule has 2 aliphatic rings. The SMILES string of the molecule is CCNC(=NCC(C)c1ccc(F)c(F)c1)N1CCC(N2CCCC2)C1. The molecule has 4 nitrogen and oxygen atoms in total. The second-order valence-electron chi connectivity index (χ2n) is 7.40. The lowest BCUT2D eigenvalue weighted by atomic mass is 10.0. The Morgan fingerprint density at radius 1 is 1.23 bits per heavy atom. The van der Waals surface area contributed by atoms with E-state index in [1.54, 1.807) is 6.07 Å². The third-order valence-electron chi connectivity index (χ3n) is 5.48. The van der Waals surface area contributed by atoms with Crippen LogP contribution in [0.1, 0.15) is 44.6 Å². The summed E-state index contributed by atoms with van der Waals surface area (Å²) < 4.78 is 26.6. The Bertz CT molecular complexity index is 628. The smallest absolute Gasteiger partial charge is 0.193 e. The van der Waals surface area contributed by atoms with Crippen molar-refractivity contribution in [3.05, 3.63) is 35.4 Å². The molecule has 2 fully saturated rings. The molecule has 1 aromatic rings. The number of nitrogens with zero attached hydrogens (tertiary/aromatic N) is 3. The zero-order valence-corrected chi connectivity index (χ0v) is 15.8. The monoisotopic (exact) mass is 364 g/mol. The van der Waals surface area contributed by atoms with E-state index in [-0.39, 0.29) is 5.92 Å². The van der Waals surface area contributed by atoms with Gasteiger partial charge in [-0.25, -0.2) is 8.78 Å². The van der Waals surface area contributed by atoms with Crippen LogP contribution in [0.5, 0.6) is 0 Å². The first-order chi connectivity index (χ1) is 12.6. The summed E-state index contributed by atoms with van der Waals surface area (Å²) in [6.45, 7) is 9.93. The zero-order valence-electron chi connectivity index (χ0n) is 15.8. The molecule has 0 spiro atoms. The van der Waals surface area contributed by atoms with Crippen LogP contribution in [0.3, 0.4) is 0 Å². The summed E-state index contributed by atoms with van der Waals surface area (Å²) in [4.78, 5) is 9.72. The normalized spacial score (nSPS) is 22.8. The van der Waals surface area contributed by atoms with Crippen LogP contribution in [0, 0.1) is 11.6 Å². The van der Waals surface area contributed by atoms with E-state index >= 15 is 0 Å².